The van der Waals surface area contributed by atoms with Crippen molar-refractivity contribution in [2.75, 3.05) is 36.0 Å². The zero-order valence-electron chi connectivity index (χ0n) is 19.1. The molecule has 172 valence electrons. The first-order valence-electron chi connectivity index (χ1n) is 11.5. The molecule has 0 spiro atoms. The molecule has 1 fully saturated rings. The van der Waals surface area contributed by atoms with Crippen LogP contribution in [0.15, 0.2) is 77.6 Å². The summed E-state index contributed by atoms with van der Waals surface area (Å²) in [5.41, 5.74) is 2.19. The lowest BCUT2D eigenvalue weighted by Crippen LogP contribution is -2.47. The molecular weight excluding hydrogens is 414 g/mol. The number of carbonyl (C=O) groups excluding carboxylic acids is 1. The van der Waals surface area contributed by atoms with Crippen LogP contribution in [-0.2, 0) is 17.8 Å². The van der Waals surface area contributed by atoms with Gasteiger partial charge in [-0.15, -0.1) is 0 Å². The van der Waals surface area contributed by atoms with E-state index in [1.54, 1.807) is 6.07 Å². The van der Waals surface area contributed by atoms with Crippen LogP contribution in [0.4, 0.5) is 11.5 Å². The third-order valence-corrected chi connectivity index (χ3v) is 5.99. The van der Waals surface area contributed by atoms with E-state index >= 15 is 0 Å². The lowest BCUT2D eigenvalue weighted by atomic mass is 10.1. The van der Waals surface area contributed by atoms with E-state index in [4.69, 9.17) is 0 Å². The Labute approximate surface area is 194 Å². The number of hydrogen-bond donors (Lipinski definition) is 1. The van der Waals surface area contributed by atoms with Crippen molar-refractivity contribution in [2.45, 2.75) is 32.4 Å². The minimum Gasteiger partial charge on any atom is -0.368 e. The molecule has 1 aromatic heterocycles. The number of nitrogens with one attached hydrogen (secondary N) is 1. The van der Waals surface area contributed by atoms with Crippen LogP contribution in [0, 0.1) is 0 Å². The molecular formula is C26H31N5O2. The van der Waals surface area contributed by atoms with E-state index in [0.717, 1.165) is 44.8 Å². The van der Waals surface area contributed by atoms with E-state index in [1.165, 1.54) is 22.0 Å². The van der Waals surface area contributed by atoms with Crippen LogP contribution in [0.25, 0.3) is 0 Å². The summed E-state index contributed by atoms with van der Waals surface area (Å²) in [5.74, 6) is 0.531. The summed E-state index contributed by atoms with van der Waals surface area (Å²) in [5, 5.41) is 7.48. The minimum absolute atomic E-state index is 0.0163. The Kier molecular flexibility index (Phi) is 7.40. The Morgan fingerprint density at radius 1 is 0.909 bits per heavy atom. The fraction of sp³-hybridized carbons (Fsp3) is 0.346. The van der Waals surface area contributed by atoms with Crippen molar-refractivity contribution in [3.05, 3.63) is 88.7 Å². The van der Waals surface area contributed by atoms with Gasteiger partial charge in [-0.1, -0.05) is 48.5 Å². The number of amides is 1. The molecule has 2 aromatic carbocycles. The molecule has 3 aromatic rings. The van der Waals surface area contributed by atoms with E-state index in [-0.39, 0.29) is 24.1 Å². The molecule has 7 heteroatoms. The first-order valence-corrected chi connectivity index (χ1v) is 11.5. The topological polar surface area (TPSA) is 70.5 Å². The van der Waals surface area contributed by atoms with Gasteiger partial charge in [0, 0.05) is 44.0 Å². The Balaban J connectivity index is 1.31. The normalized spacial score (nSPS) is 14.7. The third kappa shape index (κ3) is 6.22. The Morgan fingerprint density at radius 2 is 1.55 bits per heavy atom. The number of aryl methyl sites for hydroxylation is 1. The van der Waals surface area contributed by atoms with E-state index in [2.05, 4.69) is 44.5 Å². The van der Waals surface area contributed by atoms with Crippen molar-refractivity contribution in [1.29, 1.82) is 0 Å². The molecule has 4 rings (SSSR count). The predicted octanol–water partition coefficient (Wildman–Crippen LogP) is 2.71. The molecule has 1 amide bonds. The van der Waals surface area contributed by atoms with Gasteiger partial charge >= 0.3 is 0 Å². The van der Waals surface area contributed by atoms with Gasteiger partial charge in [0.25, 0.3) is 5.56 Å². The second-order valence-electron chi connectivity index (χ2n) is 8.49. The van der Waals surface area contributed by atoms with Gasteiger partial charge in [-0.25, -0.2) is 4.68 Å². The van der Waals surface area contributed by atoms with Crippen molar-refractivity contribution < 1.29 is 4.79 Å². The molecule has 33 heavy (non-hydrogen) atoms. The highest BCUT2D eigenvalue weighted by Gasteiger charge is 2.19. The summed E-state index contributed by atoms with van der Waals surface area (Å²) in [7, 11) is 0. The summed E-state index contributed by atoms with van der Waals surface area (Å²) in [6.45, 7) is 5.28. The lowest BCUT2D eigenvalue weighted by Gasteiger charge is -2.36. The molecule has 1 aliphatic heterocycles. The van der Waals surface area contributed by atoms with Crippen molar-refractivity contribution >= 4 is 17.4 Å². The quantitative estimate of drug-likeness (QED) is 0.577. The fourth-order valence-corrected chi connectivity index (χ4v) is 4.11. The maximum atomic E-state index is 12.5. The van der Waals surface area contributed by atoms with Crippen LogP contribution in [0.5, 0.6) is 0 Å². The molecule has 2 heterocycles. The minimum atomic E-state index is -0.270. The van der Waals surface area contributed by atoms with Crippen molar-refractivity contribution in [1.82, 2.24) is 15.1 Å². The summed E-state index contributed by atoms with van der Waals surface area (Å²) >= 11 is 0. The van der Waals surface area contributed by atoms with Gasteiger partial charge in [0.2, 0.25) is 5.91 Å². The molecule has 1 atom stereocenters. The van der Waals surface area contributed by atoms with Gasteiger partial charge in [0.1, 0.15) is 12.4 Å². The van der Waals surface area contributed by atoms with Crippen LogP contribution in [0.1, 0.15) is 18.9 Å². The van der Waals surface area contributed by atoms with Gasteiger partial charge in [0.05, 0.1) is 0 Å². The van der Waals surface area contributed by atoms with Gasteiger partial charge in [-0.2, -0.15) is 5.10 Å². The zero-order valence-corrected chi connectivity index (χ0v) is 19.1. The monoisotopic (exact) mass is 445 g/mol. The number of anilines is 2. The molecule has 1 N–H and O–H groups in total. The second-order valence-corrected chi connectivity index (χ2v) is 8.49. The number of benzene rings is 2. The molecule has 0 saturated carbocycles. The number of carbonyl (C=O) groups is 1. The summed E-state index contributed by atoms with van der Waals surface area (Å²) in [6, 6.07) is 23.8. The van der Waals surface area contributed by atoms with E-state index in [9.17, 15) is 9.59 Å². The second kappa shape index (κ2) is 10.8. The van der Waals surface area contributed by atoms with Crippen LogP contribution in [0.3, 0.4) is 0 Å². The smallest absolute Gasteiger partial charge is 0.267 e. The SMILES string of the molecule is C[C@@H](CCc1ccccc1)NC(=O)Cn1nc(N2CCN(c3ccccc3)CC2)ccc1=O. The van der Waals surface area contributed by atoms with Gasteiger partial charge < -0.3 is 15.1 Å². The molecule has 1 aliphatic rings. The summed E-state index contributed by atoms with van der Waals surface area (Å²) in [4.78, 5) is 29.4. The number of piperazine rings is 1. The van der Waals surface area contributed by atoms with Crippen molar-refractivity contribution in [3.8, 4) is 0 Å². The highest BCUT2D eigenvalue weighted by molar-refractivity contribution is 5.75. The molecule has 1 saturated heterocycles. The molecule has 0 unspecified atom stereocenters. The highest BCUT2D eigenvalue weighted by Crippen LogP contribution is 2.18. The average molecular weight is 446 g/mol. The summed E-state index contributed by atoms with van der Waals surface area (Å²) in [6.07, 6.45) is 1.73. The first-order chi connectivity index (χ1) is 16.1. The number of aromatic nitrogens is 2. The lowest BCUT2D eigenvalue weighted by molar-refractivity contribution is -0.122. The standard InChI is InChI=1S/C26H31N5O2/c1-21(12-13-22-8-4-2-5-9-22)27-25(32)20-31-26(33)15-14-24(28-31)30-18-16-29(17-19-30)23-10-6-3-7-11-23/h2-11,14-15,21H,12-13,16-20H2,1H3,(H,27,32)/t21-/m0/s1. The van der Waals surface area contributed by atoms with Gasteiger partial charge in [0.15, 0.2) is 0 Å². The van der Waals surface area contributed by atoms with Crippen molar-refractivity contribution in [3.63, 3.8) is 0 Å². The van der Waals surface area contributed by atoms with E-state index in [1.807, 2.05) is 43.3 Å². The number of nitrogens with zero attached hydrogens (tertiary/aromatic N) is 4. The van der Waals surface area contributed by atoms with Crippen LogP contribution in [-0.4, -0.2) is 47.9 Å². The third-order valence-electron chi connectivity index (χ3n) is 5.99. The molecule has 7 nitrogen and oxygen atoms in total. The largest absolute Gasteiger partial charge is 0.368 e. The summed E-state index contributed by atoms with van der Waals surface area (Å²) < 4.78 is 1.26. The zero-order chi connectivity index (χ0) is 23.0. The first kappa shape index (κ1) is 22.6. The maximum absolute atomic E-state index is 12.5. The molecule has 0 radical (unpaired) electrons. The van der Waals surface area contributed by atoms with Crippen LogP contribution >= 0.6 is 0 Å². The maximum Gasteiger partial charge on any atom is 0.267 e. The van der Waals surface area contributed by atoms with Crippen LogP contribution < -0.4 is 20.7 Å². The fourth-order valence-electron chi connectivity index (χ4n) is 4.11. The van der Waals surface area contributed by atoms with Crippen molar-refractivity contribution in [2.24, 2.45) is 0 Å². The Morgan fingerprint density at radius 3 is 2.24 bits per heavy atom. The van der Waals surface area contributed by atoms with Gasteiger partial charge in [-0.05, 0) is 43.5 Å². The Bertz CT molecular complexity index is 1090. The Hall–Kier alpha value is -3.61. The van der Waals surface area contributed by atoms with E-state index in [0.29, 0.717) is 0 Å². The van der Waals surface area contributed by atoms with E-state index < -0.39 is 0 Å². The average Bonchev–Trinajstić information content (AvgIpc) is 2.85. The number of hydrogen-bond acceptors (Lipinski definition) is 5. The highest BCUT2D eigenvalue weighted by atomic mass is 16.2. The number of rotatable bonds is 8. The molecule has 0 bridgehead atoms. The predicted molar refractivity (Wildman–Crippen MR) is 132 cm³/mol. The van der Waals surface area contributed by atoms with Crippen LogP contribution in [0.2, 0.25) is 0 Å². The van der Waals surface area contributed by atoms with Gasteiger partial charge in [-0.3, -0.25) is 9.59 Å². The molecule has 0 aliphatic carbocycles. The number of para-hydroxylation sites is 1.